The Bertz CT molecular complexity index is 631. The highest BCUT2D eigenvalue weighted by molar-refractivity contribution is 6.31. The highest BCUT2D eigenvalue weighted by Gasteiger charge is 2.00. The molecule has 116 valence electrons. The number of nitrogens with one attached hydrogen (secondary N) is 1. The normalized spacial score (nSPS) is 10.9. The molecule has 0 aliphatic carbocycles. The van der Waals surface area contributed by atoms with Crippen molar-refractivity contribution in [1.82, 2.24) is 0 Å². The zero-order valence-corrected chi connectivity index (χ0v) is 14.1. The van der Waals surface area contributed by atoms with Gasteiger partial charge >= 0.3 is 0 Å². The number of hydrazone groups is 1. The van der Waals surface area contributed by atoms with Gasteiger partial charge in [-0.25, -0.2) is 0 Å². The zero-order valence-electron chi connectivity index (χ0n) is 13.3. The van der Waals surface area contributed by atoms with Gasteiger partial charge in [-0.15, -0.1) is 0 Å². The van der Waals surface area contributed by atoms with Gasteiger partial charge in [0.1, 0.15) is 0 Å². The minimum Gasteiger partial charge on any atom is -0.372 e. The molecule has 4 heteroatoms. The van der Waals surface area contributed by atoms with Crippen LogP contribution in [0.15, 0.2) is 47.6 Å². The van der Waals surface area contributed by atoms with Crippen LogP contribution in [-0.4, -0.2) is 19.3 Å². The number of aryl methyl sites for hydroxylation is 1. The highest BCUT2D eigenvalue weighted by atomic mass is 35.5. The van der Waals surface area contributed by atoms with E-state index in [4.69, 9.17) is 11.6 Å². The maximum atomic E-state index is 6.09. The Labute approximate surface area is 137 Å². The maximum Gasteiger partial charge on any atom is 0.0576 e. The molecule has 0 saturated carbocycles. The molecular weight excluding hydrogens is 294 g/mol. The van der Waals surface area contributed by atoms with Gasteiger partial charge in [0.05, 0.1) is 11.9 Å². The van der Waals surface area contributed by atoms with Gasteiger partial charge in [-0.1, -0.05) is 29.8 Å². The molecule has 2 rings (SSSR count). The van der Waals surface area contributed by atoms with E-state index in [0.717, 1.165) is 34.9 Å². The molecule has 0 unspecified atom stereocenters. The van der Waals surface area contributed by atoms with Crippen LogP contribution in [0.3, 0.4) is 0 Å². The monoisotopic (exact) mass is 315 g/mol. The molecule has 2 aromatic carbocycles. The van der Waals surface area contributed by atoms with Crippen LogP contribution >= 0.6 is 11.6 Å². The second kappa shape index (κ2) is 7.85. The minimum atomic E-state index is 0.740. The fourth-order valence-electron chi connectivity index (χ4n) is 2.20. The van der Waals surface area contributed by atoms with E-state index >= 15 is 0 Å². The molecule has 0 aliphatic heterocycles. The lowest BCUT2D eigenvalue weighted by atomic mass is 10.2. The first-order valence-corrected chi connectivity index (χ1v) is 7.92. The van der Waals surface area contributed by atoms with Crippen molar-refractivity contribution in [3.63, 3.8) is 0 Å². The smallest absolute Gasteiger partial charge is 0.0576 e. The molecule has 0 spiro atoms. The van der Waals surface area contributed by atoms with Crippen molar-refractivity contribution in [3.8, 4) is 0 Å². The molecule has 22 heavy (non-hydrogen) atoms. The third-order valence-electron chi connectivity index (χ3n) is 3.60. The standard InChI is InChI=1S/C18H22ClN3/c1-4-22(5-2)17-10-7-15(8-11-17)13-20-21-16-9-6-14(3)18(19)12-16/h6-13,21H,4-5H2,1-3H3/b20-13-. The molecule has 0 heterocycles. The molecule has 1 N–H and O–H groups in total. The van der Waals surface area contributed by atoms with Crippen molar-refractivity contribution >= 4 is 29.2 Å². The van der Waals surface area contributed by atoms with Gasteiger partial charge in [0.15, 0.2) is 0 Å². The van der Waals surface area contributed by atoms with Gasteiger partial charge in [-0.2, -0.15) is 5.10 Å². The van der Waals surface area contributed by atoms with Crippen molar-refractivity contribution in [3.05, 3.63) is 58.6 Å². The molecule has 0 aromatic heterocycles. The van der Waals surface area contributed by atoms with Crippen molar-refractivity contribution in [2.24, 2.45) is 5.10 Å². The van der Waals surface area contributed by atoms with Crippen LogP contribution in [0.25, 0.3) is 0 Å². The van der Waals surface area contributed by atoms with E-state index in [1.165, 1.54) is 5.69 Å². The molecule has 0 atom stereocenters. The summed E-state index contributed by atoms with van der Waals surface area (Å²) in [5, 5.41) is 4.99. The largest absolute Gasteiger partial charge is 0.372 e. The Balaban J connectivity index is 1.99. The second-order valence-corrected chi connectivity index (χ2v) is 5.50. The maximum absolute atomic E-state index is 6.09. The Kier molecular flexibility index (Phi) is 5.84. The van der Waals surface area contributed by atoms with Gasteiger partial charge in [-0.05, 0) is 56.2 Å². The number of hydrogen-bond donors (Lipinski definition) is 1. The van der Waals surface area contributed by atoms with Gasteiger partial charge < -0.3 is 4.90 Å². The lowest BCUT2D eigenvalue weighted by Crippen LogP contribution is -2.21. The number of rotatable bonds is 6. The Morgan fingerprint density at radius 2 is 1.77 bits per heavy atom. The van der Waals surface area contributed by atoms with E-state index < -0.39 is 0 Å². The first-order valence-electron chi connectivity index (χ1n) is 7.54. The summed E-state index contributed by atoms with van der Waals surface area (Å²) in [6, 6.07) is 14.2. The summed E-state index contributed by atoms with van der Waals surface area (Å²) < 4.78 is 0. The van der Waals surface area contributed by atoms with Crippen LogP contribution in [0.2, 0.25) is 5.02 Å². The summed E-state index contributed by atoms with van der Waals surface area (Å²) in [6.45, 7) is 8.33. The number of hydrogen-bond acceptors (Lipinski definition) is 3. The summed E-state index contributed by atoms with van der Waals surface area (Å²) in [4.78, 5) is 2.31. The topological polar surface area (TPSA) is 27.6 Å². The predicted octanol–water partition coefficient (Wildman–Crippen LogP) is 4.94. The molecular formula is C18H22ClN3. The molecule has 0 radical (unpaired) electrons. The summed E-state index contributed by atoms with van der Waals surface area (Å²) in [5.41, 5.74) is 7.23. The van der Waals surface area contributed by atoms with Gasteiger partial charge in [-0.3, -0.25) is 5.43 Å². The summed E-state index contributed by atoms with van der Waals surface area (Å²) in [7, 11) is 0. The number of benzene rings is 2. The van der Waals surface area contributed by atoms with Crippen LogP contribution in [0, 0.1) is 6.92 Å². The average molecular weight is 316 g/mol. The Hall–Kier alpha value is -2.00. The van der Waals surface area contributed by atoms with Crippen LogP contribution < -0.4 is 10.3 Å². The minimum absolute atomic E-state index is 0.740. The lowest BCUT2D eigenvalue weighted by Gasteiger charge is -2.20. The van der Waals surface area contributed by atoms with Crippen LogP contribution in [-0.2, 0) is 0 Å². The van der Waals surface area contributed by atoms with E-state index in [9.17, 15) is 0 Å². The van der Waals surface area contributed by atoms with Crippen molar-refractivity contribution in [2.75, 3.05) is 23.4 Å². The summed E-state index contributed by atoms with van der Waals surface area (Å²) >= 11 is 6.09. The van der Waals surface area contributed by atoms with E-state index in [1.807, 2.05) is 25.1 Å². The van der Waals surface area contributed by atoms with Gasteiger partial charge in [0.25, 0.3) is 0 Å². The van der Waals surface area contributed by atoms with Gasteiger partial charge in [0.2, 0.25) is 0 Å². The molecule has 3 nitrogen and oxygen atoms in total. The predicted molar refractivity (Wildman–Crippen MR) is 97.4 cm³/mol. The zero-order chi connectivity index (χ0) is 15.9. The molecule has 0 amide bonds. The Morgan fingerprint density at radius 1 is 1.09 bits per heavy atom. The third-order valence-corrected chi connectivity index (χ3v) is 4.01. The quantitative estimate of drug-likeness (QED) is 0.604. The fraction of sp³-hybridized carbons (Fsp3) is 0.278. The Morgan fingerprint density at radius 3 is 2.36 bits per heavy atom. The van der Waals surface area contributed by atoms with Crippen molar-refractivity contribution < 1.29 is 0 Å². The average Bonchev–Trinajstić information content (AvgIpc) is 2.53. The van der Waals surface area contributed by atoms with Crippen LogP contribution in [0.5, 0.6) is 0 Å². The number of nitrogens with zero attached hydrogens (tertiary/aromatic N) is 2. The first-order chi connectivity index (χ1) is 10.6. The highest BCUT2D eigenvalue weighted by Crippen LogP contribution is 2.20. The lowest BCUT2D eigenvalue weighted by molar-refractivity contribution is 0.866. The molecule has 0 fully saturated rings. The first kappa shape index (κ1) is 16.4. The van der Waals surface area contributed by atoms with E-state index in [-0.39, 0.29) is 0 Å². The molecule has 0 bridgehead atoms. The van der Waals surface area contributed by atoms with E-state index in [1.54, 1.807) is 6.21 Å². The molecule has 2 aromatic rings. The third kappa shape index (κ3) is 4.25. The molecule has 0 saturated heterocycles. The van der Waals surface area contributed by atoms with Crippen LogP contribution in [0.4, 0.5) is 11.4 Å². The van der Waals surface area contributed by atoms with Crippen LogP contribution in [0.1, 0.15) is 25.0 Å². The summed E-state index contributed by atoms with van der Waals surface area (Å²) in [6.07, 6.45) is 1.81. The SMILES string of the molecule is CCN(CC)c1ccc(/C=N\Nc2ccc(C)c(Cl)c2)cc1. The number of halogens is 1. The van der Waals surface area contributed by atoms with Crippen molar-refractivity contribution in [1.29, 1.82) is 0 Å². The van der Waals surface area contributed by atoms with Crippen molar-refractivity contribution in [2.45, 2.75) is 20.8 Å². The van der Waals surface area contributed by atoms with E-state index in [0.29, 0.717) is 0 Å². The van der Waals surface area contributed by atoms with E-state index in [2.05, 4.69) is 53.5 Å². The molecule has 0 aliphatic rings. The fourth-order valence-corrected chi connectivity index (χ4v) is 2.38. The second-order valence-electron chi connectivity index (χ2n) is 5.10. The van der Waals surface area contributed by atoms with Gasteiger partial charge in [0, 0.05) is 23.8 Å². The number of anilines is 2. The summed E-state index contributed by atoms with van der Waals surface area (Å²) in [5.74, 6) is 0.